The highest BCUT2D eigenvalue weighted by molar-refractivity contribution is 5.92. The topological polar surface area (TPSA) is 55.1 Å². The minimum atomic E-state index is -0.0194. The molecular weight excluding hydrogens is 224 g/mol. The number of rotatable bonds is 3. The lowest BCUT2D eigenvalue weighted by Gasteiger charge is -2.08. The maximum atomic E-state index is 11.9. The molecule has 0 aliphatic heterocycles. The number of anilines is 2. The molecule has 0 aliphatic carbocycles. The van der Waals surface area contributed by atoms with Crippen molar-refractivity contribution in [2.75, 3.05) is 11.1 Å². The molecule has 0 aromatic heterocycles. The summed E-state index contributed by atoms with van der Waals surface area (Å²) in [4.78, 5) is 11.9. The highest BCUT2D eigenvalue weighted by Crippen LogP contribution is 2.14. The molecule has 0 saturated heterocycles. The lowest BCUT2D eigenvalue weighted by Crippen LogP contribution is -2.15. The van der Waals surface area contributed by atoms with Crippen molar-refractivity contribution >= 4 is 17.3 Å². The van der Waals surface area contributed by atoms with Crippen molar-refractivity contribution in [1.82, 2.24) is 0 Å². The van der Waals surface area contributed by atoms with Crippen LogP contribution in [-0.2, 0) is 11.2 Å². The van der Waals surface area contributed by atoms with Crippen molar-refractivity contribution in [3.63, 3.8) is 0 Å². The van der Waals surface area contributed by atoms with Crippen molar-refractivity contribution in [2.45, 2.75) is 13.3 Å². The van der Waals surface area contributed by atoms with E-state index in [9.17, 15) is 4.79 Å². The second kappa shape index (κ2) is 5.36. The van der Waals surface area contributed by atoms with E-state index in [1.165, 1.54) is 0 Å². The summed E-state index contributed by atoms with van der Waals surface area (Å²) >= 11 is 0. The molecule has 0 spiro atoms. The van der Waals surface area contributed by atoms with Crippen LogP contribution in [0.5, 0.6) is 0 Å². The van der Waals surface area contributed by atoms with Crippen LogP contribution in [0.2, 0.25) is 0 Å². The Labute approximate surface area is 107 Å². The highest BCUT2D eigenvalue weighted by Gasteiger charge is 2.05. The van der Waals surface area contributed by atoms with Crippen LogP contribution >= 0.6 is 0 Å². The zero-order valence-corrected chi connectivity index (χ0v) is 10.3. The van der Waals surface area contributed by atoms with Gasteiger partial charge in [-0.1, -0.05) is 30.3 Å². The first kappa shape index (κ1) is 12.2. The van der Waals surface area contributed by atoms with Gasteiger partial charge in [0, 0.05) is 11.4 Å². The van der Waals surface area contributed by atoms with Gasteiger partial charge in [-0.2, -0.15) is 0 Å². The Bertz CT molecular complexity index is 547. The molecule has 18 heavy (non-hydrogen) atoms. The summed E-state index contributed by atoms with van der Waals surface area (Å²) < 4.78 is 0. The Balaban J connectivity index is 2.01. The molecular formula is C15H16N2O. The Morgan fingerprint density at radius 3 is 2.44 bits per heavy atom. The van der Waals surface area contributed by atoms with E-state index in [1.807, 2.05) is 43.3 Å². The number of amides is 1. The van der Waals surface area contributed by atoms with Gasteiger partial charge in [-0.25, -0.2) is 0 Å². The third kappa shape index (κ3) is 3.10. The third-order valence-electron chi connectivity index (χ3n) is 2.76. The maximum absolute atomic E-state index is 11.9. The number of nitrogen functional groups attached to an aromatic ring is 1. The fourth-order valence-electron chi connectivity index (χ4n) is 1.73. The van der Waals surface area contributed by atoms with Crippen molar-refractivity contribution in [1.29, 1.82) is 0 Å². The molecule has 3 nitrogen and oxygen atoms in total. The SMILES string of the molecule is Cc1ccccc1NC(=O)Cc1ccc(N)cc1. The summed E-state index contributed by atoms with van der Waals surface area (Å²) in [6.07, 6.45) is 0.356. The number of para-hydroxylation sites is 1. The smallest absolute Gasteiger partial charge is 0.228 e. The van der Waals surface area contributed by atoms with E-state index < -0.39 is 0 Å². The molecule has 0 bridgehead atoms. The molecule has 0 radical (unpaired) electrons. The number of aryl methyl sites for hydroxylation is 1. The standard InChI is InChI=1S/C15H16N2O/c1-11-4-2-3-5-14(11)17-15(18)10-12-6-8-13(16)9-7-12/h2-9H,10,16H2,1H3,(H,17,18). The molecule has 3 heteroatoms. The summed E-state index contributed by atoms with van der Waals surface area (Å²) in [5.41, 5.74) is 9.18. The summed E-state index contributed by atoms with van der Waals surface area (Å²) in [5, 5.41) is 2.90. The van der Waals surface area contributed by atoms with Gasteiger partial charge in [0.1, 0.15) is 0 Å². The summed E-state index contributed by atoms with van der Waals surface area (Å²) in [6.45, 7) is 1.97. The van der Waals surface area contributed by atoms with Crippen LogP contribution in [0.1, 0.15) is 11.1 Å². The van der Waals surface area contributed by atoms with Crippen LogP contribution < -0.4 is 11.1 Å². The number of carbonyl (C=O) groups is 1. The first-order chi connectivity index (χ1) is 8.65. The number of carbonyl (C=O) groups excluding carboxylic acids is 1. The molecule has 0 unspecified atom stereocenters. The number of benzene rings is 2. The average molecular weight is 240 g/mol. The van der Waals surface area contributed by atoms with Crippen LogP contribution in [0, 0.1) is 6.92 Å². The first-order valence-electron chi connectivity index (χ1n) is 5.85. The van der Waals surface area contributed by atoms with E-state index >= 15 is 0 Å². The molecule has 0 saturated carbocycles. The van der Waals surface area contributed by atoms with Gasteiger partial charge in [-0.05, 0) is 36.2 Å². The fraction of sp³-hybridized carbons (Fsp3) is 0.133. The normalized spacial score (nSPS) is 10.1. The fourth-order valence-corrected chi connectivity index (χ4v) is 1.73. The van der Waals surface area contributed by atoms with E-state index in [0.29, 0.717) is 12.1 Å². The predicted molar refractivity (Wildman–Crippen MR) is 74.4 cm³/mol. The van der Waals surface area contributed by atoms with Gasteiger partial charge < -0.3 is 11.1 Å². The number of hydrogen-bond acceptors (Lipinski definition) is 2. The lowest BCUT2D eigenvalue weighted by molar-refractivity contribution is -0.115. The molecule has 1 amide bonds. The monoisotopic (exact) mass is 240 g/mol. The van der Waals surface area contributed by atoms with Crippen LogP contribution in [0.3, 0.4) is 0 Å². The van der Waals surface area contributed by atoms with Crippen LogP contribution in [0.15, 0.2) is 48.5 Å². The van der Waals surface area contributed by atoms with Crippen LogP contribution in [0.25, 0.3) is 0 Å². The van der Waals surface area contributed by atoms with Crippen LogP contribution in [-0.4, -0.2) is 5.91 Å². The molecule has 2 aromatic rings. The van der Waals surface area contributed by atoms with Crippen molar-refractivity contribution < 1.29 is 4.79 Å². The summed E-state index contributed by atoms with van der Waals surface area (Å²) in [7, 11) is 0. The summed E-state index contributed by atoms with van der Waals surface area (Å²) in [6, 6.07) is 15.1. The molecule has 92 valence electrons. The Morgan fingerprint density at radius 1 is 1.11 bits per heavy atom. The van der Waals surface area contributed by atoms with Gasteiger partial charge >= 0.3 is 0 Å². The minimum Gasteiger partial charge on any atom is -0.399 e. The Kier molecular flexibility index (Phi) is 3.63. The van der Waals surface area contributed by atoms with E-state index in [2.05, 4.69) is 5.32 Å². The molecule has 2 aromatic carbocycles. The van der Waals surface area contributed by atoms with Crippen molar-refractivity contribution in [3.8, 4) is 0 Å². The maximum Gasteiger partial charge on any atom is 0.228 e. The average Bonchev–Trinajstić information content (AvgIpc) is 2.35. The van der Waals surface area contributed by atoms with Gasteiger partial charge in [-0.3, -0.25) is 4.79 Å². The molecule has 0 fully saturated rings. The van der Waals surface area contributed by atoms with E-state index in [0.717, 1.165) is 16.8 Å². The van der Waals surface area contributed by atoms with Crippen LogP contribution in [0.4, 0.5) is 11.4 Å². The van der Waals surface area contributed by atoms with E-state index in [1.54, 1.807) is 12.1 Å². The van der Waals surface area contributed by atoms with Gasteiger partial charge in [0.25, 0.3) is 0 Å². The van der Waals surface area contributed by atoms with Crippen molar-refractivity contribution in [2.24, 2.45) is 0 Å². The molecule has 0 heterocycles. The van der Waals surface area contributed by atoms with Crippen molar-refractivity contribution in [3.05, 3.63) is 59.7 Å². The number of nitrogens with two attached hydrogens (primary N) is 1. The van der Waals surface area contributed by atoms with Gasteiger partial charge in [0.2, 0.25) is 5.91 Å². The zero-order valence-electron chi connectivity index (χ0n) is 10.3. The second-order valence-electron chi connectivity index (χ2n) is 4.28. The first-order valence-corrected chi connectivity index (χ1v) is 5.85. The Hall–Kier alpha value is -2.29. The molecule has 0 atom stereocenters. The number of hydrogen-bond donors (Lipinski definition) is 2. The molecule has 0 aliphatic rings. The minimum absolute atomic E-state index is 0.0194. The largest absolute Gasteiger partial charge is 0.399 e. The van der Waals surface area contributed by atoms with Gasteiger partial charge in [-0.15, -0.1) is 0 Å². The second-order valence-corrected chi connectivity index (χ2v) is 4.28. The zero-order chi connectivity index (χ0) is 13.0. The van der Waals surface area contributed by atoms with Gasteiger partial charge in [0.05, 0.1) is 6.42 Å². The molecule has 3 N–H and O–H groups in total. The third-order valence-corrected chi connectivity index (χ3v) is 2.76. The lowest BCUT2D eigenvalue weighted by atomic mass is 10.1. The molecule has 2 rings (SSSR count). The predicted octanol–water partition coefficient (Wildman–Crippen LogP) is 2.76. The number of nitrogens with one attached hydrogen (secondary N) is 1. The van der Waals surface area contributed by atoms with E-state index in [4.69, 9.17) is 5.73 Å². The van der Waals surface area contributed by atoms with Gasteiger partial charge in [0.15, 0.2) is 0 Å². The Morgan fingerprint density at radius 2 is 1.78 bits per heavy atom. The highest BCUT2D eigenvalue weighted by atomic mass is 16.1. The van der Waals surface area contributed by atoms with E-state index in [-0.39, 0.29) is 5.91 Å². The summed E-state index contributed by atoms with van der Waals surface area (Å²) in [5.74, 6) is -0.0194. The quantitative estimate of drug-likeness (QED) is 0.810.